The van der Waals surface area contributed by atoms with E-state index in [0.717, 1.165) is 4.90 Å². The van der Waals surface area contributed by atoms with E-state index in [4.69, 9.17) is 9.26 Å². The van der Waals surface area contributed by atoms with Gasteiger partial charge in [-0.3, -0.25) is 14.5 Å². The average Bonchev–Trinajstić information content (AvgIpc) is 3.24. The maximum Gasteiger partial charge on any atom is 0.329 e. The molecule has 1 unspecified atom stereocenters. The molecule has 0 spiro atoms. The van der Waals surface area contributed by atoms with Gasteiger partial charge in [0.1, 0.15) is 6.04 Å². The van der Waals surface area contributed by atoms with Crippen molar-refractivity contribution in [2.75, 3.05) is 12.0 Å². The summed E-state index contributed by atoms with van der Waals surface area (Å²) in [4.78, 5) is 43.5. The molecule has 1 atom stereocenters. The number of ether oxygens (including phenoxy) is 1. The lowest BCUT2D eigenvalue weighted by molar-refractivity contribution is -0.150. The van der Waals surface area contributed by atoms with Gasteiger partial charge in [-0.15, -0.1) is 0 Å². The van der Waals surface area contributed by atoms with E-state index in [1.807, 2.05) is 20.1 Å². The number of carbonyl (C=O) groups excluding carboxylic acids is 3. The Kier molecular flexibility index (Phi) is 6.68. The second-order valence-corrected chi connectivity index (χ2v) is 8.12. The van der Waals surface area contributed by atoms with Crippen LogP contribution in [0.25, 0.3) is 0 Å². The Morgan fingerprint density at radius 3 is 2.45 bits per heavy atom. The van der Waals surface area contributed by atoms with Gasteiger partial charge in [0.05, 0.1) is 11.1 Å². The number of benzene rings is 1. The molecule has 0 N–H and O–H groups in total. The van der Waals surface area contributed by atoms with Crippen LogP contribution in [0.3, 0.4) is 0 Å². The minimum absolute atomic E-state index is 0.181. The highest BCUT2D eigenvalue weighted by atomic mass is 32.2. The largest absolute Gasteiger partial charge is 0.454 e. The Hall–Kier alpha value is -2.68. The number of hydrogen-bond donors (Lipinski definition) is 0. The molecule has 8 nitrogen and oxygen atoms in total. The van der Waals surface area contributed by atoms with Crippen molar-refractivity contribution in [3.8, 4) is 0 Å². The Morgan fingerprint density at radius 1 is 1.21 bits per heavy atom. The number of carbonyl (C=O) groups is 3. The summed E-state index contributed by atoms with van der Waals surface area (Å²) < 4.78 is 10.4. The SMILES string of the molecule is CSCCC(C(=O)OCc1nc(CC(C)C)no1)N1C(=O)c2ccccc2C1=O. The fourth-order valence-electron chi connectivity index (χ4n) is 3.10. The molecule has 154 valence electrons. The number of imide groups is 1. The van der Waals surface area contributed by atoms with Crippen LogP contribution in [-0.4, -0.2) is 50.9 Å². The Labute approximate surface area is 173 Å². The van der Waals surface area contributed by atoms with Gasteiger partial charge in [0.15, 0.2) is 12.4 Å². The molecule has 1 aliphatic rings. The number of fused-ring (bicyclic) bond motifs is 1. The zero-order valence-corrected chi connectivity index (χ0v) is 17.4. The standard InChI is InChI=1S/C20H23N3O5S/c1-12(2)10-16-21-17(28-22-16)11-27-20(26)15(8-9-29-3)23-18(24)13-6-4-5-7-14(13)19(23)25/h4-7,12,15H,8-11H2,1-3H3. The third-order valence-electron chi connectivity index (χ3n) is 4.44. The van der Waals surface area contributed by atoms with E-state index in [1.165, 1.54) is 11.8 Å². The minimum Gasteiger partial charge on any atom is -0.454 e. The number of rotatable bonds is 9. The van der Waals surface area contributed by atoms with E-state index < -0.39 is 23.8 Å². The topological polar surface area (TPSA) is 103 Å². The Morgan fingerprint density at radius 2 is 1.86 bits per heavy atom. The third-order valence-corrected chi connectivity index (χ3v) is 5.09. The van der Waals surface area contributed by atoms with Crippen LogP contribution in [-0.2, 0) is 22.6 Å². The third kappa shape index (κ3) is 4.67. The van der Waals surface area contributed by atoms with Gasteiger partial charge in [-0.2, -0.15) is 16.7 Å². The summed E-state index contributed by atoms with van der Waals surface area (Å²) in [5.41, 5.74) is 0.601. The first kappa shape index (κ1) is 21.0. The molecule has 1 aliphatic heterocycles. The summed E-state index contributed by atoms with van der Waals surface area (Å²) >= 11 is 1.52. The summed E-state index contributed by atoms with van der Waals surface area (Å²) in [6.45, 7) is 3.87. The van der Waals surface area contributed by atoms with Crippen LogP contribution in [0.5, 0.6) is 0 Å². The van der Waals surface area contributed by atoms with Gasteiger partial charge >= 0.3 is 5.97 Å². The summed E-state index contributed by atoms with van der Waals surface area (Å²) in [6.07, 6.45) is 2.84. The van der Waals surface area contributed by atoms with Crippen molar-refractivity contribution in [3.63, 3.8) is 0 Å². The minimum atomic E-state index is -1.01. The zero-order chi connectivity index (χ0) is 21.0. The molecule has 3 rings (SSSR count). The van der Waals surface area contributed by atoms with Crippen LogP contribution in [0.4, 0.5) is 0 Å². The molecule has 29 heavy (non-hydrogen) atoms. The van der Waals surface area contributed by atoms with Crippen molar-refractivity contribution in [3.05, 3.63) is 47.1 Å². The van der Waals surface area contributed by atoms with Gasteiger partial charge in [-0.05, 0) is 36.5 Å². The van der Waals surface area contributed by atoms with Crippen molar-refractivity contribution in [1.29, 1.82) is 0 Å². The van der Waals surface area contributed by atoms with Crippen LogP contribution in [0.2, 0.25) is 0 Å². The number of amides is 2. The molecule has 1 aromatic heterocycles. The highest BCUT2D eigenvalue weighted by molar-refractivity contribution is 7.98. The number of nitrogens with zero attached hydrogens (tertiary/aromatic N) is 3. The first-order chi connectivity index (χ1) is 13.9. The van der Waals surface area contributed by atoms with E-state index in [1.54, 1.807) is 24.3 Å². The highest BCUT2D eigenvalue weighted by Crippen LogP contribution is 2.26. The Bertz CT molecular complexity index is 876. The molecular formula is C20H23N3O5S. The van der Waals surface area contributed by atoms with Crippen LogP contribution in [0.15, 0.2) is 28.8 Å². The fourth-order valence-corrected chi connectivity index (χ4v) is 3.56. The van der Waals surface area contributed by atoms with Crippen molar-refractivity contribution in [2.24, 2.45) is 5.92 Å². The second-order valence-electron chi connectivity index (χ2n) is 7.13. The fraction of sp³-hybridized carbons (Fsp3) is 0.450. The van der Waals surface area contributed by atoms with Crippen LogP contribution in [0.1, 0.15) is 52.7 Å². The van der Waals surface area contributed by atoms with Crippen molar-refractivity contribution >= 4 is 29.5 Å². The van der Waals surface area contributed by atoms with E-state index in [9.17, 15) is 14.4 Å². The summed E-state index contributed by atoms with van der Waals surface area (Å²) in [7, 11) is 0. The van der Waals surface area contributed by atoms with Gasteiger partial charge in [-0.1, -0.05) is 31.1 Å². The lowest BCUT2D eigenvalue weighted by Crippen LogP contribution is -2.46. The molecule has 2 amide bonds. The maximum absolute atomic E-state index is 12.8. The number of esters is 1. The second kappa shape index (κ2) is 9.21. The summed E-state index contributed by atoms with van der Waals surface area (Å²) in [6, 6.07) is 5.54. The maximum atomic E-state index is 12.8. The average molecular weight is 417 g/mol. The molecule has 0 saturated carbocycles. The van der Waals surface area contributed by atoms with Gasteiger partial charge in [-0.25, -0.2) is 4.79 Å². The van der Waals surface area contributed by atoms with Crippen LogP contribution in [0, 0.1) is 5.92 Å². The van der Waals surface area contributed by atoms with Gasteiger partial charge < -0.3 is 9.26 Å². The van der Waals surface area contributed by atoms with Gasteiger partial charge in [0, 0.05) is 6.42 Å². The van der Waals surface area contributed by atoms with E-state index in [0.29, 0.717) is 41.5 Å². The molecule has 0 saturated heterocycles. The van der Waals surface area contributed by atoms with Crippen LogP contribution < -0.4 is 0 Å². The van der Waals surface area contributed by atoms with Gasteiger partial charge in [0.2, 0.25) is 0 Å². The smallest absolute Gasteiger partial charge is 0.329 e. The summed E-state index contributed by atoms with van der Waals surface area (Å²) in [5, 5.41) is 3.86. The molecular weight excluding hydrogens is 394 g/mol. The van der Waals surface area contributed by atoms with Crippen LogP contribution >= 0.6 is 11.8 Å². The van der Waals surface area contributed by atoms with E-state index >= 15 is 0 Å². The van der Waals surface area contributed by atoms with Gasteiger partial charge in [0.25, 0.3) is 17.7 Å². The van der Waals surface area contributed by atoms with Crippen molar-refractivity contribution < 1.29 is 23.6 Å². The number of aromatic nitrogens is 2. The molecule has 0 bridgehead atoms. The lowest BCUT2D eigenvalue weighted by atomic mass is 10.1. The number of hydrogen-bond acceptors (Lipinski definition) is 8. The molecule has 2 aromatic rings. The Balaban J connectivity index is 1.72. The highest BCUT2D eigenvalue weighted by Gasteiger charge is 2.43. The zero-order valence-electron chi connectivity index (χ0n) is 16.6. The number of thioether (sulfide) groups is 1. The molecule has 0 aliphatic carbocycles. The van der Waals surface area contributed by atoms with E-state index in [2.05, 4.69) is 10.1 Å². The van der Waals surface area contributed by atoms with Crippen molar-refractivity contribution in [2.45, 2.75) is 39.3 Å². The predicted molar refractivity (Wildman–Crippen MR) is 106 cm³/mol. The molecule has 0 fully saturated rings. The molecule has 9 heteroatoms. The molecule has 1 aromatic carbocycles. The van der Waals surface area contributed by atoms with E-state index in [-0.39, 0.29) is 12.5 Å². The normalized spacial score (nSPS) is 14.4. The van der Waals surface area contributed by atoms with Crippen molar-refractivity contribution in [1.82, 2.24) is 15.0 Å². The molecule has 0 radical (unpaired) electrons. The monoisotopic (exact) mass is 417 g/mol. The lowest BCUT2D eigenvalue weighted by Gasteiger charge is -2.24. The quantitative estimate of drug-likeness (QED) is 0.453. The first-order valence-electron chi connectivity index (χ1n) is 9.36. The molecule has 2 heterocycles. The summed E-state index contributed by atoms with van der Waals surface area (Å²) in [5.74, 6) is 0.0539. The first-order valence-corrected chi connectivity index (χ1v) is 10.8. The predicted octanol–water partition coefficient (Wildman–Crippen LogP) is 2.73.